The minimum Gasteiger partial charge on any atom is -0.383 e. The molecule has 0 aliphatic heterocycles. The molecule has 106 valence electrons. The molecule has 1 aromatic heterocycles. The molecule has 0 saturated heterocycles. The van der Waals surface area contributed by atoms with Crippen LogP contribution in [0.3, 0.4) is 0 Å². The molecule has 4 nitrogen and oxygen atoms in total. The monoisotopic (exact) mass is 282 g/mol. The van der Waals surface area contributed by atoms with E-state index in [2.05, 4.69) is 15.3 Å². The zero-order valence-corrected chi connectivity index (χ0v) is 10.9. The maximum absolute atomic E-state index is 12.9. The highest BCUT2D eigenvalue weighted by atomic mass is 19.4. The van der Waals surface area contributed by atoms with Gasteiger partial charge in [0.1, 0.15) is 17.5 Å². The minimum absolute atomic E-state index is 0.0689. The normalized spacial score (nSPS) is 11.4. The highest BCUT2D eigenvalue weighted by Crippen LogP contribution is 2.36. The Morgan fingerprint density at radius 2 is 1.75 bits per heavy atom. The second-order valence-corrected chi connectivity index (χ2v) is 4.30. The first kappa shape index (κ1) is 14.1. The second-order valence-electron chi connectivity index (χ2n) is 4.30. The molecule has 1 aromatic carbocycles. The number of alkyl halides is 3. The first-order chi connectivity index (χ1) is 9.29. The number of aryl methyl sites for hydroxylation is 1. The first-order valence-electron chi connectivity index (χ1n) is 5.83. The van der Waals surface area contributed by atoms with Crippen LogP contribution in [0.15, 0.2) is 24.3 Å². The molecule has 0 fully saturated rings. The van der Waals surface area contributed by atoms with Gasteiger partial charge in [0.15, 0.2) is 0 Å². The molecule has 2 rings (SSSR count). The lowest BCUT2D eigenvalue weighted by molar-refractivity contribution is -0.136. The summed E-state index contributed by atoms with van der Waals surface area (Å²) in [6, 6.07) is 5.20. The number of anilines is 3. The summed E-state index contributed by atoms with van der Waals surface area (Å²) in [6.45, 7) is 3.27. The lowest BCUT2D eigenvalue weighted by atomic mass is 10.1. The number of nitrogens with two attached hydrogens (primary N) is 1. The van der Waals surface area contributed by atoms with Crippen LogP contribution in [-0.2, 0) is 6.18 Å². The first-order valence-corrected chi connectivity index (χ1v) is 5.83. The van der Waals surface area contributed by atoms with Gasteiger partial charge in [-0.05, 0) is 26.0 Å². The smallest absolute Gasteiger partial charge is 0.383 e. The molecule has 3 N–H and O–H groups in total. The number of aromatic nitrogens is 2. The Labute approximate surface area is 113 Å². The van der Waals surface area contributed by atoms with E-state index in [0.29, 0.717) is 11.4 Å². The molecule has 0 radical (unpaired) electrons. The van der Waals surface area contributed by atoms with E-state index in [1.807, 2.05) is 0 Å². The summed E-state index contributed by atoms with van der Waals surface area (Å²) in [6.07, 6.45) is -4.44. The van der Waals surface area contributed by atoms with Crippen LogP contribution in [0.2, 0.25) is 0 Å². The number of para-hydroxylation sites is 1. The van der Waals surface area contributed by atoms with E-state index in [0.717, 1.165) is 6.07 Å². The molecule has 0 spiro atoms. The third kappa shape index (κ3) is 2.81. The van der Waals surface area contributed by atoms with Crippen molar-refractivity contribution < 1.29 is 13.2 Å². The molecule has 0 atom stereocenters. The van der Waals surface area contributed by atoms with Gasteiger partial charge in [-0.1, -0.05) is 12.1 Å². The highest BCUT2D eigenvalue weighted by Gasteiger charge is 2.33. The van der Waals surface area contributed by atoms with Crippen molar-refractivity contribution in [1.29, 1.82) is 0 Å². The van der Waals surface area contributed by atoms with E-state index in [4.69, 9.17) is 5.73 Å². The Morgan fingerprint density at radius 1 is 1.10 bits per heavy atom. The van der Waals surface area contributed by atoms with Crippen LogP contribution in [0.1, 0.15) is 17.0 Å². The molecule has 0 bridgehead atoms. The van der Waals surface area contributed by atoms with Crippen molar-refractivity contribution in [2.24, 2.45) is 0 Å². The zero-order chi connectivity index (χ0) is 14.9. The molecular formula is C13H13F3N4. The van der Waals surface area contributed by atoms with Crippen molar-refractivity contribution in [1.82, 2.24) is 9.97 Å². The number of hydrogen-bond acceptors (Lipinski definition) is 4. The van der Waals surface area contributed by atoms with E-state index in [1.165, 1.54) is 18.2 Å². The lowest BCUT2D eigenvalue weighted by Crippen LogP contribution is -2.10. The predicted octanol–water partition coefficient (Wildman–Crippen LogP) is 3.44. The number of nitrogen functional groups attached to an aromatic ring is 1. The number of nitrogens with one attached hydrogen (secondary N) is 1. The van der Waals surface area contributed by atoms with E-state index in [-0.39, 0.29) is 17.3 Å². The van der Waals surface area contributed by atoms with Crippen LogP contribution in [0.4, 0.5) is 30.5 Å². The average molecular weight is 282 g/mol. The van der Waals surface area contributed by atoms with Crippen molar-refractivity contribution in [2.75, 3.05) is 11.1 Å². The van der Waals surface area contributed by atoms with Gasteiger partial charge in [0.25, 0.3) is 0 Å². The lowest BCUT2D eigenvalue weighted by Gasteiger charge is -2.15. The molecule has 1 heterocycles. The molecule has 0 unspecified atom stereocenters. The molecule has 0 aliphatic rings. The summed E-state index contributed by atoms with van der Waals surface area (Å²) in [5, 5.41) is 2.68. The summed E-state index contributed by atoms with van der Waals surface area (Å²) in [5.74, 6) is 0.899. The van der Waals surface area contributed by atoms with Crippen molar-refractivity contribution in [2.45, 2.75) is 20.0 Å². The SMILES string of the molecule is Cc1nc(N)c(C)c(Nc2ccccc2C(F)(F)F)n1. The molecule has 20 heavy (non-hydrogen) atoms. The average Bonchev–Trinajstić information content (AvgIpc) is 2.34. The fourth-order valence-electron chi connectivity index (χ4n) is 1.74. The van der Waals surface area contributed by atoms with E-state index >= 15 is 0 Å². The summed E-state index contributed by atoms with van der Waals surface area (Å²) in [4.78, 5) is 8.03. The summed E-state index contributed by atoms with van der Waals surface area (Å²) in [5.41, 5.74) is 5.37. The van der Waals surface area contributed by atoms with E-state index in [1.54, 1.807) is 13.8 Å². The van der Waals surface area contributed by atoms with Crippen LogP contribution in [0.25, 0.3) is 0 Å². The van der Waals surface area contributed by atoms with Gasteiger partial charge in [-0.25, -0.2) is 9.97 Å². The van der Waals surface area contributed by atoms with Crippen LogP contribution in [-0.4, -0.2) is 9.97 Å². The quantitative estimate of drug-likeness (QED) is 0.885. The van der Waals surface area contributed by atoms with Crippen LogP contribution in [0.5, 0.6) is 0 Å². The number of halogens is 3. The second kappa shape index (κ2) is 4.99. The largest absolute Gasteiger partial charge is 0.418 e. The molecule has 7 heteroatoms. The van der Waals surface area contributed by atoms with Crippen molar-refractivity contribution in [3.63, 3.8) is 0 Å². The van der Waals surface area contributed by atoms with Gasteiger partial charge in [-0.3, -0.25) is 0 Å². The summed E-state index contributed by atoms with van der Waals surface area (Å²) < 4.78 is 38.7. The van der Waals surface area contributed by atoms with Gasteiger partial charge in [0.2, 0.25) is 0 Å². The number of hydrogen-bond donors (Lipinski definition) is 2. The third-order valence-corrected chi connectivity index (χ3v) is 2.78. The van der Waals surface area contributed by atoms with E-state index in [9.17, 15) is 13.2 Å². The maximum atomic E-state index is 12.9. The van der Waals surface area contributed by atoms with Crippen molar-refractivity contribution >= 4 is 17.3 Å². The topological polar surface area (TPSA) is 63.8 Å². The molecule has 0 saturated carbocycles. The molecule has 2 aromatic rings. The Hall–Kier alpha value is -2.31. The van der Waals surface area contributed by atoms with Gasteiger partial charge in [-0.2, -0.15) is 13.2 Å². The number of nitrogens with zero attached hydrogens (tertiary/aromatic N) is 2. The Bertz CT molecular complexity index is 638. The highest BCUT2D eigenvalue weighted by molar-refractivity contribution is 5.66. The van der Waals surface area contributed by atoms with Gasteiger partial charge in [-0.15, -0.1) is 0 Å². The van der Waals surface area contributed by atoms with Gasteiger partial charge in [0.05, 0.1) is 11.3 Å². The van der Waals surface area contributed by atoms with Crippen molar-refractivity contribution in [3.8, 4) is 0 Å². The molecule has 0 aliphatic carbocycles. The predicted molar refractivity (Wildman–Crippen MR) is 70.6 cm³/mol. The minimum atomic E-state index is -4.44. The van der Waals surface area contributed by atoms with Crippen LogP contribution < -0.4 is 11.1 Å². The maximum Gasteiger partial charge on any atom is 0.418 e. The Balaban J connectivity index is 2.46. The molecular weight excluding hydrogens is 269 g/mol. The summed E-state index contributed by atoms with van der Waals surface area (Å²) in [7, 11) is 0. The molecule has 0 amide bonds. The third-order valence-electron chi connectivity index (χ3n) is 2.78. The number of benzene rings is 1. The van der Waals surface area contributed by atoms with Gasteiger partial charge in [0, 0.05) is 5.56 Å². The number of rotatable bonds is 2. The zero-order valence-electron chi connectivity index (χ0n) is 10.9. The Morgan fingerprint density at radius 3 is 2.40 bits per heavy atom. The summed E-state index contributed by atoms with van der Waals surface area (Å²) >= 11 is 0. The van der Waals surface area contributed by atoms with E-state index < -0.39 is 11.7 Å². The van der Waals surface area contributed by atoms with Gasteiger partial charge < -0.3 is 11.1 Å². The van der Waals surface area contributed by atoms with Crippen molar-refractivity contribution in [3.05, 3.63) is 41.2 Å². The fourth-order valence-corrected chi connectivity index (χ4v) is 1.74. The Kier molecular flexibility index (Phi) is 3.52. The standard InChI is InChI=1S/C13H13F3N4/c1-7-11(17)18-8(2)19-12(7)20-10-6-4-3-5-9(10)13(14,15)16/h3-6H,1-2H3,(H3,17,18,19,20). The fraction of sp³-hybridized carbons (Fsp3) is 0.231. The van der Waals surface area contributed by atoms with Gasteiger partial charge >= 0.3 is 6.18 Å². The van der Waals surface area contributed by atoms with Crippen LogP contribution >= 0.6 is 0 Å². The van der Waals surface area contributed by atoms with Crippen LogP contribution in [0, 0.1) is 13.8 Å².